The van der Waals surface area contributed by atoms with E-state index in [2.05, 4.69) is 485 Å². The van der Waals surface area contributed by atoms with Crippen LogP contribution in [0, 0.1) is 0 Å². The summed E-state index contributed by atoms with van der Waals surface area (Å²) in [6.45, 7) is 0. The molecule has 684 valence electrons. The van der Waals surface area contributed by atoms with E-state index in [1.54, 1.807) is 0 Å². The molecular formula is C142H86N6. The van der Waals surface area contributed by atoms with E-state index in [4.69, 9.17) is 29.9 Å². The standard InChI is InChI=1S/2C71H43N3/c1-3-17-45(18-4-1)68-43-69(74-71(73-68)47-19-5-2-6-20-47)46-33-31-44(32-34-46)62-41-66-63(48-35-37-59-54-25-9-7-21-50(54)52-23-11-13-27-56(52)64(59)39-48)42-67(72-70(66)61-30-16-15-29-58(61)62)49-36-38-60-55-26-10-8-22-51(55)53-24-12-14-28-57(53)65(60)40-49;1-3-17-45(18-4-1)68-43-69(46-19-5-2-6-20-46)74-71(73-68)47-33-31-44(32-34-47)62-41-66-63(48-35-37-59-54-25-9-7-21-50(54)52-23-11-13-27-56(52)64(59)39-48)42-67(72-70(66)61-30-16-15-29-58(61)62)49-36-38-60-55-26-10-8-22-51(55)53-24-12-14-28-57(53)65(60)40-49/h2*1-43H. The molecule has 30 aromatic rings. The van der Waals surface area contributed by atoms with Crippen molar-refractivity contribution in [1.82, 2.24) is 29.9 Å². The molecule has 6 heteroatoms. The second kappa shape index (κ2) is 35.2. The Labute approximate surface area is 852 Å². The molecule has 0 aliphatic rings. The van der Waals surface area contributed by atoms with Gasteiger partial charge in [0.05, 0.1) is 45.2 Å². The number of hydrogen-bond acceptors (Lipinski definition) is 6. The zero-order chi connectivity index (χ0) is 97.4. The molecule has 0 bridgehead atoms. The predicted molar refractivity (Wildman–Crippen MR) is 625 cm³/mol. The predicted octanol–water partition coefficient (Wildman–Crippen LogP) is 38.2. The first-order valence-electron chi connectivity index (χ1n) is 50.7. The minimum atomic E-state index is 0.686. The zero-order valence-corrected chi connectivity index (χ0v) is 80.3. The zero-order valence-electron chi connectivity index (χ0n) is 80.3. The lowest BCUT2D eigenvalue weighted by Gasteiger charge is -2.17. The van der Waals surface area contributed by atoms with Crippen molar-refractivity contribution in [2.45, 2.75) is 0 Å². The van der Waals surface area contributed by atoms with E-state index in [1.807, 2.05) is 36.4 Å². The highest BCUT2D eigenvalue weighted by atomic mass is 14.9. The molecule has 0 radical (unpaired) electrons. The van der Waals surface area contributed by atoms with Crippen molar-refractivity contribution in [3.05, 3.63) is 522 Å². The van der Waals surface area contributed by atoms with Crippen LogP contribution in [0.5, 0.6) is 0 Å². The third-order valence-corrected chi connectivity index (χ3v) is 30.5. The monoisotopic (exact) mass is 1870 g/mol. The Morgan fingerprint density at radius 2 is 0.264 bits per heavy atom. The Bertz CT molecular complexity index is 9860. The fraction of sp³-hybridized carbons (Fsp3) is 0. The molecule has 0 fully saturated rings. The molecule has 6 nitrogen and oxygen atoms in total. The summed E-state index contributed by atoms with van der Waals surface area (Å²) in [5, 5.41) is 36.7. The van der Waals surface area contributed by atoms with Gasteiger partial charge in [-0.2, -0.15) is 0 Å². The first kappa shape index (κ1) is 85.1. The Morgan fingerprint density at radius 1 is 0.0878 bits per heavy atom. The van der Waals surface area contributed by atoms with Gasteiger partial charge in [0.25, 0.3) is 0 Å². The van der Waals surface area contributed by atoms with Crippen LogP contribution in [0.25, 0.3) is 307 Å². The van der Waals surface area contributed by atoms with Crippen LogP contribution < -0.4 is 0 Å². The van der Waals surface area contributed by atoms with Crippen molar-refractivity contribution in [3.8, 4) is 135 Å². The van der Waals surface area contributed by atoms with Crippen molar-refractivity contribution in [2.75, 3.05) is 0 Å². The van der Waals surface area contributed by atoms with Gasteiger partial charge in [-0.15, -0.1) is 0 Å². The molecule has 4 heterocycles. The van der Waals surface area contributed by atoms with E-state index in [9.17, 15) is 0 Å². The molecular weight excluding hydrogens is 1790 g/mol. The van der Waals surface area contributed by atoms with Gasteiger partial charge >= 0.3 is 0 Å². The van der Waals surface area contributed by atoms with Gasteiger partial charge in [-0.25, -0.2) is 29.9 Å². The summed E-state index contributed by atoms with van der Waals surface area (Å²) in [6, 6.07) is 189. The number of fused-ring (bicyclic) bond motifs is 30. The van der Waals surface area contributed by atoms with Crippen LogP contribution in [0.2, 0.25) is 0 Å². The lowest BCUT2D eigenvalue weighted by molar-refractivity contribution is 1.18. The molecule has 0 unspecified atom stereocenters. The summed E-state index contributed by atoms with van der Waals surface area (Å²) in [6.07, 6.45) is 0. The Hall–Kier alpha value is -19.7. The third-order valence-electron chi connectivity index (χ3n) is 30.5. The SMILES string of the molecule is c1ccc(-c2cc(-c3ccc(-c4cc5c(-c6ccc7c8ccccc8c8ccccc8c7c6)cc(-c6ccc7c8ccccc8c8ccccc8c7c6)nc5c5ccccc45)cc3)nc(-c3ccccc3)n2)cc1.c1ccc(-c2cc(-c3ccccc3)nc(-c3ccc(-c4cc5c(-c6ccc7c8ccccc8c8ccccc8c7c6)cc(-c6ccc7c8ccccc8c8ccccc8c7c6)nc5c5ccccc45)cc3)n2)cc1. The van der Waals surface area contributed by atoms with Gasteiger partial charge in [0.2, 0.25) is 0 Å². The average Bonchev–Trinajstić information content (AvgIpc) is 0.724. The summed E-state index contributed by atoms with van der Waals surface area (Å²) in [4.78, 5) is 31.9. The third kappa shape index (κ3) is 14.5. The fourth-order valence-corrected chi connectivity index (χ4v) is 23.4. The average molecular weight is 1880 g/mol. The second-order valence-corrected chi connectivity index (χ2v) is 38.8. The summed E-state index contributed by atoms with van der Waals surface area (Å²) >= 11 is 0. The van der Waals surface area contributed by atoms with Crippen molar-refractivity contribution >= 4 is 173 Å². The van der Waals surface area contributed by atoms with E-state index in [-0.39, 0.29) is 0 Å². The van der Waals surface area contributed by atoms with E-state index in [0.29, 0.717) is 11.6 Å². The van der Waals surface area contributed by atoms with Crippen LogP contribution in [-0.4, -0.2) is 29.9 Å². The molecule has 0 saturated heterocycles. The normalized spacial score (nSPS) is 11.8. The van der Waals surface area contributed by atoms with Crippen LogP contribution in [0.3, 0.4) is 0 Å². The molecule has 0 aliphatic carbocycles. The smallest absolute Gasteiger partial charge is 0.160 e. The van der Waals surface area contributed by atoms with Crippen molar-refractivity contribution in [3.63, 3.8) is 0 Å². The molecule has 148 heavy (non-hydrogen) atoms. The highest BCUT2D eigenvalue weighted by molar-refractivity contribution is 6.31. The largest absolute Gasteiger partial charge is 0.247 e. The van der Waals surface area contributed by atoms with Crippen LogP contribution in [0.1, 0.15) is 0 Å². The summed E-state index contributed by atoms with van der Waals surface area (Å²) in [5.41, 5.74) is 24.7. The fourth-order valence-electron chi connectivity index (χ4n) is 23.4. The second-order valence-electron chi connectivity index (χ2n) is 38.8. The van der Waals surface area contributed by atoms with Crippen molar-refractivity contribution < 1.29 is 0 Å². The summed E-state index contributed by atoms with van der Waals surface area (Å²) < 4.78 is 0. The molecule has 26 aromatic carbocycles. The van der Waals surface area contributed by atoms with Crippen molar-refractivity contribution in [1.29, 1.82) is 0 Å². The van der Waals surface area contributed by atoms with Gasteiger partial charge in [0, 0.05) is 66.1 Å². The number of nitrogens with zero attached hydrogens (tertiary/aromatic N) is 6. The molecule has 0 aliphatic heterocycles. The number of aromatic nitrogens is 6. The van der Waals surface area contributed by atoms with E-state index < -0.39 is 0 Å². The van der Waals surface area contributed by atoms with Gasteiger partial charge < -0.3 is 0 Å². The van der Waals surface area contributed by atoms with Gasteiger partial charge in [-0.1, -0.05) is 461 Å². The van der Waals surface area contributed by atoms with Gasteiger partial charge in [-0.3, -0.25) is 0 Å². The van der Waals surface area contributed by atoms with Crippen molar-refractivity contribution in [2.24, 2.45) is 0 Å². The van der Waals surface area contributed by atoms with E-state index in [0.717, 1.165) is 167 Å². The van der Waals surface area contributed by atoms with Gasteiger partial charge in [0.1, 0.15) is 0 Å². The first-order valence-corrected chi connectivity index (χ1v) is 50.7. The highest BCUT2D eigenvalue weighted by Gasteiger charge is 2.25. The molecule has 0 amide bonds. The lowest BCUT2D eigenvalue weighted by atomic mass is 9.88. The molecule has 4 aromatic heterocycles. The molecule has 0 atom stereocenters. The molecule has 0 saturated carbocycles. The molecule has 0 spiro atoms. The Morgan fingerprint density at radius 3 is 0.541 bits per heavy atom. The Kier molecular flexibility index (Phi) is 20.2. The van der Waals surface area contributed by atoms with E-state index >= 15 is 0 Å². The lowest BCUT2D eigenvalue weighted by Crippen LogP contribution is -1.96. The molecule has 0 N–H and O–H groups in total. The van der Waals surface area contributed by atoms with Crippen LogP contribution in [-0.2, 0) is 0 Å². The quantitative estimate of drug-likeness (QED) is 0.113. The maximum Gasteiger partial charge on any atom is 0.160 e. The topological polar surface area (TPSA) is 77.3 Å². The van der Waals surface area contributed by atoms with Crippen LogP contribution in [0.15, 0.2) is 522 Å². The highest BCUT2D eigenvalue weighted by Crippen LogP contribution is 2.50. The Balaban J connectivity index is 0.000000140. The summed E-state index contributed by atoms with van der Waals surface area (Å²) in [5.74, 6) is 1.39. The van der Waals surface area contributed by atoms with Crippen LogP contribution >= 0.6 is 0 Å². The van der Waals surface area contributed by atoms with E-state index in [1.165, 1.54) is 129 Å². The van der Waals surface area contributed by atoms with Gasteiger partial charge in [0.15, 0.2) is 11.6 Å². The number of rotatable bonds is 12. The maximum absolute atomic E-state index is 5.70. The minimum absolute atomic E-state index is 0.686. The number of benzene rings is 26. The number of hydrogen-bond donors (Lipinski definition) is 0. The summed E-state index contributed by atoms with van der Waals surface area (Å²) in [7, 11) is 0. The maximum atomic E-state index is 5.70. The first-order chi connectivity index (χ1) is 73.4. The number of pyridine rings is 2. The van der Waals surface area contributed by atoms with Gasteiger partial charge in [-0.05, 0) is 245 Å². The molecule has 30 rings (SSSR count). The van der Waals surface area contributed by atoms with Crippen LogP contribution in [0.4, 0.5) is 0 Å². The minimum Gasteiger partial charge on any atom is -0.247 e.